The van der Waals surface area contributed by atoms with Crippen molar-refractivity contribution in [2.24, 2.45) is 0 Å². The molecule has 2 amide bonds. The summed E-state index contributed by atoms with van der Waals surface area (Å²) >= 11 is 9.27. The van der Waals surface area contributed by atoms with E-state index in [1.54, 1.807) is 24.3 Å². The third kappa shape index (κ3) is 6.16. The van der Waals surface area contributed by atoms with Gasteiger partial charge in [-0.25, -0.2) is 0 Å². The molecule has 0 heterocycles. The molecule has 0 bridgehead atoms. The zero-order valence-corrected chi connectivity index (χ0v) is 15.7. The standard InChI is InChI=1S/C18H18BrClN2O3/c19-14-4-1-3-13(9-14)11-21-18(25)17(24)7-8-22(12-23)16-6-2-5-15(20)10-16/h1-6,9-10,12,17,24H,7-8,11H2,(H,21,25). The summed E-state index contributed by atoms with van der Waals surface area (Å²) in [5.74, 6) is -0.475. The Morgan fingerprint density at radius 3 is 2.72 bits per heavy atom. The Labute approximate surface area is 159 Å². The van der Waals surface area contributed by atoms with Gasteiger partial charge in [0.15, 0.2) is 0 Å². The van der Waals surface area contributed by atoms with Gasteiger partial charge in [-0.05, 0) is 35.9 Å². The van der Waals surface area contributed by atoms with Crippen LogP contribution in [0.15, 0.2) is 53.0 Å². The Kier molecular flexibility index (Phi) is 7.43. The van der Waals surface area contributed by atoms with Crippen LogP contribution < -0.4 is 10.2 Å². The van der Waals surface area contributed by atoms with Crippen LogP contribution in [0.25, 0.3) is 0 Å². The molecular formula is C18H18BrClN2O3. The van der Waals surface area contributed by atoms with Gasteiger partial charge >= 0.3 is 0 Å². The van der Waals surface area contributed by atoms with Crippen LogP contribution in [-0.4, -0.2) is 30.1 Å². The molecule has 1 unspecified atom stereocenters. The second-order valence-electron chi connectivity index (χ2n) is 5.43. The number of nitrogens with one attached hydrogen (secondary N) is 1. The minimum Gasteiger partial charge on any atom is -0.383 e. The Morgan fingerprint density at radius 2 is 2.04 bits per heavy atom. The highest BCUT2D eigenvalue weighted by Gasteiger charge is 2.16. The highest BCUT2D eigenvalue weighted by atomic mass is 79.9. The van der Waals surface area contributed by atoms with Gasteiger partial charge in [0.05, 0.1) is 0 Å². The molecule has 2 rings (SSSR count). The second kappa shape index (κ2) is 9.56. The topological polar surface area (TPSA) is 69.6 Å². The summed E-state index contributed by atoms with van der Waals surface area (Å²) in [6.45, 7) is 0.524. The first-order valence-corrected chi connectivity index (χ1v) is 8.84. The Balaban J connectivity index is 1.84. The molecule has 7 heteroatoms. The molecule has 0 aromatic heterocycles. The highest BCUT2D eigenvalue weighted by molar-refractivity contribution is 9.10. The van der Waals surface area contributed by atoms with Crippen molar-refractivity contribution >= 4 is 45.5 Å². The normalized spacial score (nSPS) is 11.6. The molecule has 2 N–H and O–H groups in total. The summed E-state index contributed by atoms with van der Waals surface area (Å²) in [6.07, 6.45) is -0.429. The van der Waals surface area contributed by atoms with Crippen molar-refractivity contribution in [3.8, 4) is 0 Å². The van der Waals surface area contributed by atoms with Crippen molar-refractivity contribution in [3.05, 3.63) is 63.6 Å². The number of carbonyl (C=O) groups excluding carboxylic acids is 2. The van der Waals surface area contributed by atoms with Crippen LogP contribution in [0.3, 0.4) is 0 Å². The van der Waals surface area contributed by atoms with Gasteiger partial charge in [-0.2, -0.15) is 0 Å². The lowest BCUT2D eigenvalue weighted by atomic mass is 10.2. The molecule has 0 aliphatic heterocycles. The van der Waals surface area contributed by atoms with E-state index in [-0.39, 0.29) is 13.0 Å². The van der Waals surface area contributed by atoms with Crippen molar-refractivity contribution in [2.75, 3.05) is 11.4 Å². The summed E-state index contributed by atoms with van der Waals surface area (Å²) in [6, 6.07) is 14.4. The van der Waals surface area contributed by atoms with E-state index in [4.69, 9.17) is 11.6 Å². The van der Waals surface area contributed by atoms with Gasteiger partial charge in [0, 0.05) is 34.7 Å². The van der Waals surface area contributed by atoms with Crippen LogP contribution in [0.5, 0.6) is 0 Å². The third-order valence-electron chi connectivity index (χ3n) is 3.57. The fourth-order valence-corrected chi connectivity index (χ4v) is 2.87. The number of aliphatic hydroxyl groups is 1. The summed E-state index contributed by atoms with van der Waals surface area (Å²) in [5.41, 5.74) is 1.53. The van der Waals surface area contributed by atoms with Crippen LogP contribution in [0, 0.1) is 0 Å². The first-order valence-electron chi connectivity index (χ1n) is 7.67. The Hall–Kier alpha value is -1.89. The van der Waals surface area contributed by atoms with Gasteiger partial charge in [-0.1, -0.05) is 45.7 Å². The number of halogens is 2. The van der Waals surface area contributed by atoms with Crippen LogP contribution in [-0.2, 0) is 16.1 Å². The van der Waals surface area contributed by atoms with Crippen LogP contribution in [0.2, 0.25) is 5.02 Å². The van der Waals surface area contributed by atoms with Gasteiger partial charge in [0.1, 0.15) is 6.10 Å². The molecule has 0 fully saturated rings. The zero-order valence-electron chi connectivity index (χ0n) is 13.4. The molecule has 0 saturated carbocycles. The maximum Gasteiger partial charge on any atom is 0.249 e. The van der Waals surface area contributed by atoms with Crippen LogP contribution >= 0.6 is 27.5 Å². The molecule has 0 radical (unpaired) electrons. The van der Waals surface area contributed by atoms with E-state index in [0.717, 1.165) is 10.0 Å². The average molecular weight is 426 g/mol. The lowest BCUT2D eigenvalue weighted by molar-refractivity contribution is -0.129. The maximum atomic E-state index is 12.0. The monoisotopic (exact) mass is 424 g/mol. The first-order chi connectivity index (χ1) is 12.0. The van der Waals surface area contributed by atoms with Gasteiger partial charge in [-0.15, -0.1) is 0 Å². The van der Waals surface area contributed by atoms with Gasteiger partial charge in [0.2, 0.25) is 12.3 Å². The number of amides is 2. The summed E-state index contributed by atoms with van der Waals surface area (Å²) in [5, 5.41) is 13.2. The quantitative estimate of drug-likeness (QED) is 0.639. The predicted octanol–water partition coefficient (Wildman–Crippen LogP) is 3.13. The number of hydrogen-bond acceptors (Lipinski definition) is 3. The van der Waals surface area contributed by atoms with Gasteiger partial charge in [0.25, 0.3) is 0 Å². The lowest BCUT2D eigenvalue weighted by Gasteiger charge is -2.19. The van der Waals surface area contributed by atoms with Gasteiger partial charge < -0.3 is 15.3 Å². The summed E-state index contributed by atoms with van der Waals surface area (Å²) < 4.78 is 0.919. The molecule has 0 spiro atoms. The molecular weight excluding hydrogens is 408 g/mol. The van der Waals surface area contributed by atoms with E-state index in [9.17, 15) is 14.7 Å². The first kappa shape index (κ1) is 19.4. The number of nitrogens with zero attached hydrogens (tertiary/aromatic N) is 1. The fraction of sp³-hybridized carbons (Fsp3) is 0.222. The second-order valence-corrected chi connectivity index (χ2v) is 6.78. The number of aliphatic hydroxyl groups excluding tert-OH is 1. The lowest BCUT2D eigenvalue weighted by Crippen LogP contribution is -2.37. The molecule has 0 saturated heterocycles. The van der Waals surface area contributed by atoms with E-state index in [0.29, 0.717) is 23.7 Å². The van der Waals surface area contributed by atoms with Crippen LogP contribution in [0.4, 0.5) is 5.69 Å². The highest BCUT2D eigenvalue weighted by Crippen LogP contribution is 2.19. The predicted molar refractivity (Wildman–Crippen MR) is 101 cm³/mol. The number of hydrogen-bond donors (Lipinski definition) is 2. The summed E-state index contributed by atoms with van der Waals surface area (Å²) in [4.78, 5) is 24.6. The van der Waals surface area contributed by atoms with E-state index in [1.165, 1.54) is 4.90 Å². The molecule has 0 aliphatic carbocycles. The SMILES string of the molecule is O=CN(CCC(O)C(=O)NCc1cccc(Br)c1)c1cccc(Cl)c1. The van der Waals surface area contributed by atoms with Crippen LogP contribution in [0.1, 0.15) is 12.0 Å². The smallest absolute Gasteiger partial charge is 0.249 e. The maximum absolute atomic E-state index is 12.0. The van der Waals surface area contributed by atoms with E-state index in [2.05, 4.69) is 21.2 Å². The minimum atomic E-state index is -1.20. The van der Waals surface area contributed by atoms with Crippen molar-refractivity contribution in [3.63, 3.8) is 0 Å². The van der Waals surface area contributed by atoms with Crippen molar-refractivity contribution in [1.29, 1.82) is 0 Å². The number of rotatable bonds is 8. The Bertz CT molecular complexity index is 742. The van der Waals surface area contributed by atoms with E-state index >= 15 is 0 Å². The Morgan fingerprint density at radius 1 is 1.28 bits per heavy atom. The van der Waals surface area contributed by atoms with Crippen molar-refractivity contribution in [1.82, 2.24) is 5.32 Å². The number of benzene rings is 2. The largest absolute Gasteiger partial charge is 0.383 e. The number of anilines is 1. The fourth-order valence-electron chi connectivity index (χ4n) is 2.24. The molecule has 2 aromatic carbocycles. The molecule has 25 heavy (non-hydrogen) atoms. The average Bonchev–Trinajstić information content (AvgIpc) is 2.60. The summed E-state index contributed by atoms with van der Waals surface area (Å²) in [7, 11) is 0. The van der Waals surface area contributed by atoms with Gasteiger partial charge in [-0.3, -0.25) is 9.59 Å². The van der Waals surface area contributed by atoms with Crippen molar-refractivity contribution in [2.45, 2.75) is 19.1 Å². The molecule has 0 aliphatic rings. The molecule has 2 aromatic rings. The minimum absolute atomic E-state index is 0.121. The van der Waals surface area contributed by atoms with E-state index < -0.39 is 12.0 Å². The molecule has 1 atom stereocenters. The number of carbonyl (C=O) groups is 2. The molecule has 5 nitrogen and oxygen atoms in total. The third-order valence-corrected chi connectivity index (χ3v) is 4.30. The molecule has 132 valence electrons. The zero-order chi connectivity index (χ0) is 18.2. The van der Waals surface area contributed by atoms with Crippen molar-refractivity contribution < 1.29 is 14.7 Å². The van der Waals surface area contributed by atoms with E-state index in [1.807, 2.05) is 24.3 Å².